The normalized spacial score (nSPS) is 29.2. The highest BCUT2D eigenvalue weighted by Crippen LogP contribution is 2.40. The van der Waals surface area contributed by atoms with Crippen LogP contribution in [0.1, 0.15) is 24.3 Å². The lowest BCUT2D eigenvalue weighted by molar-refractivity contribution is 0.607. The molecule has 1 N–H and O–H groups in total. The lowest BCUT2D eigenvalue weighted by atomic mass is 9.88. The summed E-state index contributed by atoms with van der Waals surface area (Å²) in [5, 5.41) is 3.59. The summed E-state index contributed by atoms with van der Waals surface area (Å²) in [5.74, 6) is 0.630. The van der Waals surface area contributed by atoms with Crippen LogP contribution in [0.2, 0.25) is 0 Å². The molecule has 3 rings (SSSR count). The lowest BCUT2D eigenvalue weighted by Gasteiger charge is -2.20. The molecule has 0 fully saturated rings. The number of anilines is 1. The number of allylic oxidation sites excluding steroid dienone is 1. The lowest BCUT2D eigenvalue weighted by Crippen LogP contribution is -2.21. The molecule has 1 aromatic carbocycles. The second kappa shape index (κ2) is 2.63. The zero-order valence-electron chi connectivity index (χ0n) is 7.53. The van der Waals surface area contributed by atoms with Crippen molar-refractivity contribution in [3.8, 4) is 0 Å². The Labute approximate surface area is 78.5 Å². The van der Waals surface area contributed by atoms with Gasteiger partial charge in [-0.25, -0.2) is 0 Å². The summed E-state index contributed by atoms with van der Waals surface area (Å²) in [6.07, 6.45) is 7.16. The van der Waals surface area contributed by atoms with E-state index in [1.807, 2.05) is 0 Å². The minimum atomic E-state index is 0.630. The van der Waals surface area contributed by atoms with Crippen LogP contribution in [0.25, 0.3) is 0 Å². The van der Waals surface area contributed by atoms with Crippen molar-refractivity contribution in [2.24, 2.45) is 0 Å². The molecule has 0 unspecified atom stereocenters. The first-order valence-electron chi connectivity index (χ1n) is 4.97. The Morgan fingerprint density at radius 3 is 3.15 bits per heavy atom. The fourth-order valence-corrected chi connectivity index (χ4v) is 2.43. The third kappa shape index (κ3) is 0.998. The van der Waals surface area contributed by atoms with E-state index in [0.29, 0.717) is 12.0 Å². The van der Waals surface area contributed by atoms with Crippen molar-refractivity contribution in [1.82, 2.24) is 0 Å². The number of para-hydroxylation sites is 1. The zero-order valence-corrected chi connectivity index (χ0v) is 7.53. The molecule has 2 atom stereocenters. The molecule has 0 bridgehead atoms. The van der Waals surface area contributed by atoms with Crippen LogP contribution in [0.5, 0.6) is 0 Å². The molecule has 0 amide bonds. The van der Waals surface area contributed by atoms with Gasteiger partial charge in [0.1, 0.15) is 0 Å². The van der Waals surface area contributed by atoms with Crippen LogP contribution >= 0.6 is 0 Å². The van der Waals surface area contributed by atoms with E-state index in [0.717, 1.165) is 0 Å². The first kappa shape index (κ1) is 7.19. The number of nitrogens with one attached hydrogen (secondary N) is 1. The Morgan fingerprint density at radius 2 is 2.15 bits per heavy atom. The summed E-state index contributed by atoms with van der Waals surface area (Å²) >= 11 is 0. The average Bonchev–Trinajstić information content (AvgIpc) is 2.56. The molecule has 1 aromatic rings. The summed E-state index contributed by atoms with van der Waals surface area (Å²) < 4.78 is 0. The second-order valence-corrected chi connectivity index (χ2v) is 3.87. The smallest absolute Gasteiger partial charge is 0.0382 e. The Balaban J connectivity index is 2.09. The van der Waals surface area contributed by atoms with Crippen LogP contribution in [0.4, 0.5) is 5.69 Å². The van der Waals surface area contributed by atoms with Crippen LogP contribution in [-0.2, 0) is 0 Å². The van der Waals surface area contributed by atoms with Crippen molar-refractivity contribution in [2.75, 3.05) is 5.32 Å². The number of hydrogen-bond acceptors (Lipinski definition) is 1. The van der Waals surface area contributed by atoms with Gasteiger partial charge in [-0.2, -0.15) is 0 Å². The highest BCUT2D eigenvalue weighted by molar-refractivity contribution is 5.61. The second-order valence-electron chi connectivity index (χ2n) is 3.87. The predicted molar refractivity (Wildman–Crippen MR) is 55.0 cm³/mol. The van der Waals surface area contributed by atoms with E-state index >= 15 is 0 Å². The molecule has 0 aromatic heterocycles. The first-order valence-corrected chi connectivity index (χ1v) is 4.97. The van der Waals surface area contributed by atoms with Crippen molar-refractivity contribution in [3.63, 3.8) is 0 Å². The van der Waals surface area contributed by atoms with Gasteiger partial charge in [0.2, 0.25) is 0 Å². The summed E-state index contributed by atoms with van der Waals surface area (Å²) in [6.45, 7) is 0. The van der Waals surface area contributed by atoms with E-state index in [1.54, 1.807) is 0 Å². The van der Waals surface area contributed by atoms with E-state index in [1.165, 1.54) is 24.1 Å². The molecule has 0 saturated carbocycles. The summed E-state index contributed by atoms with van der Waals surface area (Å²) in [6, 6.07) is 9.31. The van der Waals surface area contributed by atoms with Gasteiger partial charge in [-0.3, -0.25) is 0 Å². The third-order valence-corrected chi connectivity index (χ3v) is 3.08. The Kier molecular flexibility index (Phi) is 1.45. The molecular formula is C12H13N. The largest absolute Gasteiger partial charge is 0.381 e. The van der Waals surface area contributed by atoms with Gasteiger partial charge < -0.3 is 5.32 Å². The van der Waals surface area contributed by atoms with E-state index in [9.17, 15) is 0 Å². The van der Waals surface area contributed by atoms with E-state index in [4.69, 9.17) is 0 Å². The minimum absolute atomic E-state index is 0.630. The maximum absolute atomic E-state index is 3.59. The number of benzene rings is 1. The fourth-order valence-electron chi connectivity index (χ4n) is 2.43. The molecule has 0 saturated heterocycles. The van der Waals surface area contributed by atoms with Gasteiger partial charge in [-0.05, 0) is 24.5 Å². The third-order valence-electron chi connectivity index (χ3n) is 3.08. The van der Waals surface area contributed by atoms with Crippen molar-refractivity contribution in [3.05, 3.63) is 42.0 Å². The monoisotopic (exact) mass is 171 g/mol. The Hall–Kier alpha value is -1.24. The van der Waals surface area contributed by atoms with E-state index in [2.05, 4.69) is 41.7 Å². The molecule has 0 radical (unpaired) electrons. The first-order chi connectivity index (χ1) is 6.45. The highest BCUT2D eigenvalue weighted by Gasteiger charge is 2.30. The average molecular weight is 171 g/mol. The fraction of sp³-hybridized carbons (Fsp3) is 0.333. The van der Waals surface area contributed by atoms with Crippen molar-refractivity contribution >= 4 is 5.69 Å². The molecule has 1 aliphatic carbocycles. The minimum Gasteiger partial charge on any atom is -0.381 e. The molecule has 1 heteroatoms. The number of rotatable bonds is 0. The van der Waals surface area contributed by atoms with Crippen LogP contribution in [0.15, 0.2) is 36.4 Å². The zero-order chi connectivity index (χ0) is 8.67. The van der Waals surface area contributed by atoms with E-state index < -0.39 is 0 Å². The molecule has 1 nitrogen and oxygen atoms in total. The van der Waals surface area contributed by atoms with Crippen molar-refractivity contribution in [2.45, 2.75) is 24.8 Å². The maximum Gasteiger partial charge on any atom is 0.0382 e. The molecule has 13 heavy (non-hydrogen) atoms. The molecular weight excluding hydrogens is 158 g/mol. The predicted octanol–water partition coefficient (Wildman–Crippen LogP) is 2.91. The van der Waals surface area contributed by atoms with Crippen LogP contribution in [0.3, 0.4) is 0 Å². The van der Waals surface area contributed by atoms with Crippen LogP contribution in [0, 0.1) is 0 Å². The standard InChI is InChI=1S/C12H13N/c1-3-7-11-9(5-1)10-6-2-4-8-12(10)13-11/h1-3,5-7,10,12-13H,4,8H2/t10-,12+/m0/s1. The van der Waals surface area contributed by atoms with Crippen molar-refractivity contribution in [1.29, 1.82) is 0 Å². The molecule has 1 aliphatic heterocycles. The van der Waals surface area contributed by atoms with Gasteiger partial charge >= 0.3 is 0 Å². The van der Waals surface area contributed by atoms with Crippen molar-refractivity contribution < 1.29 is 0 Å². The number of fused-ring (bicyclic) bond motifs is 3. The van der Waals surface area contributed by atoms with Gasteiger partial charge in [0.15, 0.2) is 0 Å². The van der Waals surface area contributed by atoms with Gasteiger partial charge in [-0.1, -0.05) is 30.4 Å². The summed E-state index contributed by atoms with van der Waals surface area (Å²) in [4.78, 5) is 0. The van der Waals surface area contributed by atoms with E-state index in [-0.39, 0.29) is 0 Å². The quantitative estimate of drug-likeness (QED) is 0.592. The van der Waals surface area contributed by atoms with Gasteiger partial charge in [0, 0.05) is 17.6 Å². The summed E-state index contributed by atoms with van der Waals surface area (Å²) in [5.41, 5.74) is 2.81. The summed E-state index contributed by atoms with van der Waals surface area (Å²) in [7, 11) is 0. The maximum atomic E-state index is 3.59. The van der Waals surface area contributed by atoms with Gasteiger partial charge in [-0.15, -0.1) is 0 Å². The van der Waals surface area contributed by atoms with Gasteiger partial charge in [0.05, 0.1) is 0 Å². The molecule has 2 aliphatic rings. The Morgan fingerprint density at radius 1 is 1.23 bits per heavy atom. The molecule has 66 valence electrons. The number of hydrogen-bond donors (Lipinski definition) is 1. The molecule has 0 spiro atoms. The molecule has 1 heterocycles. The SMILES string of the molecule is C1=C[C@H]2c3ccccc3N[C@@H]2CC1. The highest BCUT2D eigenvalue weighted by atomic mass is 15.0. The van der Waals surface area contributed by atoms with Crippen LogP contribution in [-0.4, -0.2) is 6.04 Å². The topological polar surface area (TPSA) is 12.0 Å². The van der Waals surface area contributed by atoms with Crippen LogP contribution < -0.4 is 5.32 Å². The van der Waals surface area contributed by atoms with Gasteiger partial charge in [0.25, 0.3) is 0 Å². The Bertz CT molecular complexity index is 354.